The van der Waals surface area contributed by atoms with Crippen molar-refractivity contribution in [2.45, 2.75) is 25.8 Å². The third-order valence-electron chi connectivity index (χ3n) is 4.60. The van der Waals surface area contributed by atoms with Gasteiger partial charge in [-0.15, -0.1) is 0 Å². The number of nitrogens with zero attached hydrogens (tertiary/aromatic N) is 2. The molecule has 1 N–H and O–H groups in total. The maximum absolute atomic E-state index is 13.2. The number of carbonyl (C=O) groups excluding carboxylic acids is 2. The lowest BCUT2D eigenvalue weighted by Crippen LogP contribution is -2.48. The summed E-state index contributed by atoms with van der Waals surface area (Å²) < 4.78 is 5.34. The zero-order valence-corrected chi connectivity index (χ0v) is 14.3. The highest BCUT2D eigenvalue weighted by atomic mass is 16.5. The molecular formula is C18H25N3O3. The number of morpholine rings is 1. The normalized spacial score (nSPS) is 25.4. The first-order valence-electron chi connectivity index (χ1n) is 8.52. The first-order valence-corrected chi connectivity index (χ1v) is 8.52. The molecule has 2 aliphatic rings. The molecule has 130 valence electrons. The minimum absolute atomic E-state index is 0.154. The van der Waals surface area contributed by atoms with Crippen LogP contribution >= 0.6 is 0 Å². The highest BCUT2D eigenvalue weighted by Gasteiger charge is 2.52. The average Bonchev–Trinajstić information content (AvgIpc) is 2.81. The maximum atomic E-state index is 13.2. The molecule has 6 nitrogen and oxygen atoms in total. The van der Waals surface area contributed by atoms with Gasteiger partial charge in [-0.05, 0) is 17.9 Å². The summed E-state index contributed by atoms with van der Waals surface area (Å²) in [5, 5.41) is 2.98. The van der Waals surface area contributed by atoms with Crippen molar-refractivity contribution >= 4 is 11.9 Å². The van der Waals surface area contributed by atoms with Crippen LogP contribution in [0.1, 0.15) is 25.8 Å². The van der Waals surface area contributed by atoms with Crippen LogP contribution in [-0.2, 0) is 15.1 Å². The summed E-state index contributed by atoms with van der Waals surface area (Å²) in [6.07, 6.45) is 0.585. The van der Waals surface area contributed by atoms with E-state index in [4.69, 9.17) is 4.74 Å². The molecule has 0 aromatic heterocycles. The molecule has 1 aromatic carbocycles. The summed E-state index contributed by atoms with van der Waals surface area (Å²) >= 11 is 0. The Morgan fingerprint density at radius 1 is 1.17 bits per heavy atom. The Kier molecular flexibility index (Phi) is 4.87. The Morgan fingerprint density at radius 2 is 1.83 bits per heavy atom. The average molecular weight is 331 g/mol. The van der Waals surface area contributed by atoms with E-state index in [9.17, 15) is 9.59 Å². The van der Waals surface area contributed by atoms with E-state index in [1.165, 1.54) is 4.90 Å². The maximum Gasteiger partial charge on any atom is 0.326 e. The van der Waals surface area contributed by atoms with Crippen LogP contribution in [0.2, 0.25) is 0 Å². The van der Waals surface area contributed by atoms with Gasteiger partial charge in [-0.2, -0.15) is 0 Å². The number of amides is 3. The van der Waals surface area contributed by atoms with Gasteiger partial charge in [0, 0.05) is 13.1 Å². The van der Waals surface area contributed by atoms with Gasteiger partial charge >= 0.3 is 6.03 Å². The SMILES string of the molecule is CC(C)C[C@]1(c2ccccc2)NC(=O)N(CN2CCOCC2)C1=O. The van der Waals surface area contributed by atoms with Crippen LogP contribution in [0.3, 0.4) is 0 Å². The number of imide groups is 1. The van der Waals surface area contributed by atoms with E-state index in [-0.39, 0.29) is 17.9 Å². The van der Waals surface area contributed by atoms with Crippen molar-refractivity contribution in [2.24, 2.45) is 5.92 Å². The highest BCUT2D eigenvalue weighted by Crippen LogP contribution is 2.35. The lowest BCUT2D eigenvalue weighted by Gasteiger charge is -2.31. The number of hydrogen-bond donors (Lipinski definition) is 1. The summed E-state index contributed by atoms with van der Waals surface area (Å²) in [6.45, 7) is 7.20. The van der Waals surface area contributed by atoms with Crippen molar-refractivity contribution in [3.8, 4) is 0 Å². The van der Waals surface area contributed by atoms with Crippen LogP contribution in [0.4, 0.5) is 4.79 Å². The summed E-state index contributed by atoms with van der Waals surface area (Å²) in [5.74, 6) is 0.122. The molecule has 6 heteroatoms. The standard InChI is InChI=1S/C18H25N3O3/c1-14(2)12-18(15-6-4-3-5-7-15)16(22)21(17(23)19-18)13-20-8-10-24-11-9-20/h3-7,14H,8-13H2,1-2H3,(H,19,23)/t18-/m1/s1. The van der Waals surface area contributed by atoms with Gasteiger partial charge in [-0.25, -0.2) is 9.69 Å². The molecule has 0 bridgehead atoms. The van der Waals surface area contributed by atoms with E-state index in [1.54, 1.807) is 0 Å². The molecule has 2 aliphatic heterocycles. The monoisotopic (exact) mass is 331 g/mol. The van der Waals surface area contributed by atoms with Crippen LogP contribution in [0, 0.1) is 5.92 Å². The second-order valence-electron chi connectivity index (χ2n) is 6.90. The van der Waals surface area contributed by atoms with Gasteiger partial charge in [-0.1, -0.05) is 44.2 Å². The van der Waals surface area contributed by atoms with Gasteiger partial charge in [0.15, 0.2) is 0 Å². The predicted molar refractivity (Wildman–Crippen MR) is 90.2 cm³/mol. The van der Waals surface area contributed by atoms with E-state index < -0.39 is 5.54 Å². The van der Waals surface area contributed by atoms with E-state index in [0.29, 0.717) is 26.3 Å². The van der Waals surface area contributed by atoms with Crippen LogP contribution < -0.4 is 5.32 Å². The Balaban J connectivity index is 1.87. The molecule has 3 rings (SSSR count). The molecule has 2 saturated heterocycles. The van der Waals surface area contributed by atoms with Crippen LogP contribution in [0.5, 0.6) is 0 Å². The smallest absolute Gasteiger partial charge is 0.326 e. The van der Waals surface area contributed by atoms with Gasteiger partial charge in [-0.3, -0.25) is 9.69 Å². The van der Waals surface area contributed by atoms with Crippen molar-refractivity contribution in [2.75, 3.05) is 33.0 Å². The molecule has 1 atom stereocenters. The van der Waals surface area contributed by atoms with Gasteiger partial charge in [0.25, 0.3) is 5.91 Å². The molecule has 1 aromatic rings. The summed E-state index contributed by atoms with van der Waals surface area (Å²) in [7, 11) is 0. The molecule has 0 saturated carbocycles. The van der Waals surface area contributed by atoms with Crippen molar-refractivity contribution in [1.29, 1.82) is 0 Å². The topological polar surface area (TPSA) is 61.9 Å². The Morgan fingerprint density at radius 3 is 2.46 bits per heavy atom. The Hall–Kier alpha value is -1.92. The number of urea groups is 1. The van der Waals surface area contributed by atoms with E-state index in [2.05, 4.69) is 24.1 Å². The van der Waals surface area contributed by atoms with Gasteiger partial charge < -0.3 is 10.1 Å². The minimum Gasteiger partial charge on any atom is -0.379 e. The lowest BCUT2D eigenvalue weighted by atomic mass is 9.82. The van der Waals surface area contributed by atoms with Crippen molar-refractivity contribution in [3.63, 3.8) is 0 Å². The first-order chi connectivity index (χ1) is 11.5. The second-order valence-corrected chi connectivity index (χ2v) is 6.90. The van der Waals surface area contributed by atoms with Gasteiger partial charge in [0.05, 0.1) is 19.9 Å². The zero-order valence-electron chi connectivity index (χ0n) is 14.3. The Labute approximate surface area is 142 Å². The first kappa shape index (κ1) is 16.9. The van der Waals surface area contributed by atoms with Crippen LogP contribution in [-0.4, -0.2) is 54.7 Å². The predicted octanol–water partition coefficient (Wildman–Crippen LogP) is 1.77. The molecule has 0 unspecified atom stereocenters. The highest BCUT2D eigenvalue weighted by molar-refractivity contribution is 6.07. The second kappa shape index (κ2) is 6.91. The van der Waals surface area contributed by atoms with E-state index in [0.717, 1.165) is 18.7 Å². The lowest BCUT2D eigenvalue weighted by molar-refractivity contribution is -0.134. The molecule has 2 heterocycles. The molecule has 0 radical (unpaired) electrons. The summed E-state index contributed by atoms with van der Waals surface area (Å²) in [4.78, 5) is 29.2. The number of nitrogens with one attached hydrogen (secondary N) is 1. The zero-order chi connectivity index (χ0) is 17.2. The number of benzene rings is 1. The number of hydrogen-bond acceptors (Lipinski definition) is 4. The number of carbonyl (C=O) groups is 2. The Bertz CT molecular complexity index is 599. The third kappa shape index (κ3) is 3.16. The van der Waals surface area contributed by atoms with Crippen LogP contribution in [0.15, 0.2) is 30.3 Å². The van der Waals surface area contributed by atoms with Crippen LogP contribution in [0.25, 0.3) is 0 Å². The summed E-state index contributed by atoms with van der Waals surface area (Å²) in [5.41, 5.74) is -0.111. The van der Waals surface area contributed by atoms with Gasteiger partial charge in [0.1, 0.15) is 5.54 Å². The molecule has 0 aliphatic carbocycles. The fourth-order valence-electron chi connectivity index (χ4n) is 3.48. The fourth-order valence-corrected chi connectivity index (χ4v) is 3.48. The molecule has 0 spiro atoms. The van der Waals surface area contributed by atoms with Crippen molar-refractivity contribution in [3.05, 3.63) is 35.9 Å². The largest absolute Gasteiger partial charge is 0.379 e. The molecule has 2 fully saturated rings. The third-order valence-corrected chi connectivity index (χ3v) is 4.60. The minimum atomic E-state index is -0.960. The molecule has 3 amide bonds. The van der Waals surface area contributed by atoms with E-state index in [1.807, 2.05) is 30.3 Å². The fraction of sp³-hybridized carbons (Fsp3) is 0.556. The summed E-state index contributed by atoms with van der Waals surface area (Å²) in [6, 6.07) is 9.25. The van der Waals surface area contributed by atoms with Crippen molar-refractivity contribution in [1.82, 2.24) is 15.1 Å². The van der Waals surface area contributed by atoms with Gasteiger partial charge in [0.2, 0.25) is 0 Å². The molecule has 24 heavy (non-hydrogen) atoms. The van der Waals surface area contributed by atoms with E-state index >= 15 is 0 Å². The number of rotatable bonds is 5. The number of ether oxygens (including phenoxy) is 1. The molecular weight excluding hydrogens is 306 g/mol. The van der Waals surface area contributed by atoms with Crippen molar-refractivity contribution < 1.29 is 14.3 Å². The quantitative estimate of drug-likeness (QED) is 0.836.